The van der Waals surface area contributed by atoms with Gasteiger partial charge >= 0.3 is 0 Å². The Morgan fingerprint density at radius 3 is 2.85 bits per heavy atom. The largest absolute Gasteiger partial charge is 0.391 e. The fourth-order valence-electron chi connectivity index (χ4n) is 2.71. The van der Waals surface area contributed by atoms with E-state index in [0.29, 0.717) is 17.0 Å². The van der Waals surface area contributed by atoms with E-state index in [9.17, 15) is 9.90 Å². The number of carbonyl (C=O) groups excluding carboxylic acids is 1. The predicted octanol–water partition coefficient (Wildman–Crippen LogP) is 2.23. The molecule has 0 aromatic heterocycles. The molecule has 0 saturated heterocycles. The molecule has 0 bridgehead atoms. The highest BCUT2D eigenvalue weighted by molar-refractivity contribution is 5.94. The van der Waals surface area contributed by atoms with E-state index in [1.807, 2.05) is 6.07 Å². The van der Waals surface area contributed by atoms with Gasteiger partial charge < -0.3 is 10.4 Å². The molecule has 20 heavy (non-hydrogen) atoms. The van der Waals surface area contributed by atoms with Crippen molar-refractivity contribution < 1.29 is 9.90 Å². The summed E-state index contributed by atoms with van der Waals surface area (Å²) < 4.78 is 0. The summed E-state index contributed by atoms with van der Waals surface area (Å²) in [4.78, 5) is 12.0. The minimum Gasteiger partial charge on any atom is -0.391 e. The van der Waals surface area contributed by atoms with Crippen molar-refractivity contribution >= 4 is 5.91 Å². The van der Waals surface area contributed by atoms with Crippen LogP contribution in [0, 0.1) is 17.2 Å². The number of nitrogens with zero attached hydrogens (tertiary/aromatic N) is 1. The molecule has 0 radical (unpaired) electrons. The van der Waals surface area contributed by atoms with Crippen molar-refractivity contribution in [2.45, 2.75) is 38.2 Å². The Morgan fingerprint density at radius 1 is 1.40 bits per heavy atom. The summed E-state index contributed by atoms with van der Waals surface area (Å²) in [5.74, 6) is 0.0615. The molecular formula is C16H20N2O2. The smallest absolute Gasteiger partial charge is 0.251 e. The number of nitriles is 1. The maximum atomic E-state index is 12.0. The first-order valence-corrected chi connectivity index (χ1v) is 7.17. The highest BCUT2D eigenvalue weighted by atomic mass is 16.3. The van der Waals surface area contributed by atoms with E-state index in [2.05, 4.69) is 5.32 Å². The Bertz CT molecular complexity index is 501. The van der Waals surface area contributed by atoms with Gasteiger partial charge in [0.1, 0.15) is 0 Å². The maximum absolute atomic E-state index is 12.0. The lowest BCUT2D eigenvalue weighted by atomic mass is 9.85. The van der Waals surface area contributed by atoms with Gasteiger partial charge in [-0.05, 0) is 37.0 Å². The minimum atomic E-state index is -0.474. The van der Waals surface area contributed by atoms with E-state index in [-0.39, 0.29) is 12.5 Å². The molecule has 2 N–H and O–H groups in total. The molecular weight excluding hydrogens is 252 g/mol. The molecule has 4 heteroatoms. The number of nitrogens with one attached hydrogen (secondary N) is 1. The lowest BCUT2D eigenvalue weighted by Gasteiger charge is -2.26. The minimum absolute atomic E-state index is 0.239. The zero-order chi connectivity index (χ0) is 14.4. The monoisotopic (exact) mass is 272 g/mol. The first kappa shape index (κ1) is 14.5. The molecule has 1 aromatic rings. The van der Waals surface area contributed by atoms with E-state index in [4.69, 9.17) is 5.26 Å². The van der Waals surface area contributed by atoms with Gasteiger partial charge in [-0.3, -0.25) is 4.79 Å². The van der Waals surface area contributed by atoms with Gasteiger partial charge in [-0.1, -0.05) is 25.3 Å². The number of hydrogen-bond acceptors (Lipinski definition) is 3. The Labute approximate surface area is 119 Å². The number of carbonyl (C=O) groups is 1. The van der Waals surface area contributed by atoms with Gasteiger partial charge in [0, 0.05) is 12.1 Å². The highest BCUT2D eigenvalue weighted by Crippen LogP contribution is 2.26. The fraction of sp³-hybridized carbons (Fsp3) is 0.500. The average molecular weight is 272 g/mol. The van der Waals surface area contributed by atoms with Gasteiger partial charge in [-0.25, -0.2) is 0 Å². The Kier molecular flexibility index (Phi) is 5.14. The van der Waals surface area contributed by atoms with E-state index in [1.165, 1.54) is 19.3 Å². The van der Waals surface area contributed by atoms with Crippen LogP contribution < -0.4 is 5.32 Å². The number of hydrogen-bond donors (Lipinski definition) is 2. The second-order valence-electron chi connectivity index (χ2n) is 5.37. The van der Waals surface area contributed by atoms with Crippen LogP contribution in [0.3, 0.4) is 0 Å². The van der Waals surface area contributed by atoms with Gasteiger partial charge in [-0.2, -0.15) is 5.26 Å². The van der Waals surface area contributed by atoms with Crippen LogP contribution in [0.5, 0.6) is 0 Å². The van der Waals surface area contributed by atoms with E-state index < -0.39 is 6.10 Å². The Morgan fingerprint density at radius 2 is 2.15 bits per heavy atom. The normalized spacial score (nSPS) is 17.2. The van der Waals surface area contributed by atoms with Gasteiger partial charge in [0.25, 0.3) is 5.91 Å². The standard InChI is InChI=1S/C16H20N2O2/c17-10-12-5-4-8-14(9-12)16(20)18-11-15(19)13-6-2-1-3-7-13/h4-5,8-9,13,15,19H,1-3,6-7,11H2,(H,18,20)/t15-/m1/s1. The molecule has 1 aliphatic carbocycles. The van der Waals surface area contributed by atoms with Crippen LogP contribution >= 0.6 is 0 Å². The third kappa shape index (κ3) is 3.82. The molecule has 0 aliphatic heterocycles. The van der Waals surface area contributed by atoms with Crippen LogP contribution in [-0.4, -0.2) is 23.7 Å². The van der Waals surface area contributed by atoms with Crippen molar-refractivity contribution in [2.24, 2.45) is 5.92 Å². The second-order valence-corrected chi connectivity index (χ2v) is 5.37. The van der Waals surface area contributed by atoms with Crippen LogP contribution in [0.25, 0.3) is 0 Å². The number of aliphatic hydroxyl groups excluding tert-OH is 1. The van der Waals surface area contributed by atoms with Crippen molar-refractivity contribution in [1.29, 1.82) is 5.26 Å². The van der Waals surface area contributed by atoms with Crippen molar-refractivity contribution in [1.82, 2.24) is 5.32 Å². The zero-order valence-electron chi connectivity index (χ0n) is 11.5. The number of benzene rings is 1. The first-order valence-electron chi connectivity index (χ1n) is 7.17. The van der Waals surface area contributed by atoms with E-state index in [1.54, 1.807) is 24.3 Å². The molecule has 106 valence electrons. The topological polar surface area (TPSA) is 73.1 Å². The molecule has 1 fully saturated rings. The molecule has 0 heterocycles. The molecule has 1 atom stereocenters. The zero-order valence-corrected chi connectivity index (χ0v) is 11.5. The van der Waals surface area contributed by atoms with Gasteiger partial charge in [0.2, 0.25) is 0 Å². The molecule has 1 saturated carbocycles. The van der Waals surface area contributed by atoms with Gasteiger partial charge in [0.15, 0.2) is 0 Å². The summed E-state index contributed by atoms with van der Waals surface area (Å²) in [5, 5.41) is 21.7. The molecule has 1 amide bonds. The summed E-state index contributed by atoms with van der Waals surface area (Å²) in [6, 6.07) is 8.58. The van der Waals surface area contributed by atoms with Crippen LogP contribution in [0.4, 0.5) is 0 Å². The molecule has 0 spiro atoms. The van der Waals surface area contributed by atoms with E-state index >= 15 is 0 Å². The quantitative estimate of drug-likeness (QED) is 0.882. The lowest BCUT2D eigenvalue weighted by Crippen LogP contribution is -2.37. The second kappa shape index (κ2) is 7.06. The highest BCUT2D eigenvalue weighted by Gasteiger charge is 2.22. The van der Waals surface area contributed by atoms with Crippen LogP contribution in [0.15, 0.2) is 24.3 Å². The van der Waals surface area contributed by atoms with Crippen molar-refractivity contribution in [3.63, 3.8) is 0 Å². The fourth-order valence-corrected chi connectivity index (χ4v) is 2.71. The molecule has 1 aliphatic rings. The summed E-state index contributed by atoms with van der Waals surface area (Å²) in [7, 11) is 0. The maximum Gasteiger partial charge on any atom is 0.251 e. The number of aliphatic hydroxyl groups is 1. The molecule has 1 aromatic carbocycles. The van der Waals surface area contributed by atoms with Crippen LogP contribution in [-0.2, 0) is 0 Å². The molecule has 0 unspecified atom stereocenters. The van der Waals surface area contributed by atoms with Crippen molar-refractivity contribution in [2.75, 3.05) is 6.54 Å². The lowest BCUT2D eigenvalue weighted by molar-refractivity contribution is 0.0738. The third-order valence-electron chi connectivity index (χ3n) is 3.92. The predicted molar refractivity (Wildman–Crippen MR) is 76.1 cm³/mol. The van der Waals surface area contributed by atoms with Crippen LogP contribution in [0.1, 0.15) is 48.0 Å². The summed E-state index contributed by atoms with van der Waals surface area (Å²) in [6.07, 6.45) is 5.19. The van der Waals surface area contributed by atoms with Crippen LogP contribution in [0.2, 0.25) is 0 Å². The summed E-state index contributed by atoms with van der Waals surface area (Å²) >= 11 is 0. The number of amides is 1. The molecule has 2 rings (SSSR count). The number of rotatable bonds is 4. The van der Waals surface area contributed by atoms with Crippen molar-refractivity contribution in [3.05, 3.63) is 35.4 Å². The third-order valence-corrected chi connectivity index (χ3v) is 3.92. The molecule has 4 nitrogen and oxygen atoms in total. The summed E-state index contributed by atoms with van der Waals surface area (Å²) in [6.45, 7) is 0.278. The van der Waals surface area contributed by atoms with Gasteiger partial charge in [0.05, 0.1) is 17.7 Å². The Balaban J connectivity index is 1.86. The average Bonchev–Trinajstić information content (AvgIpc) is 2.53. The Hall–Kier alpha value is -1.86. The van der Waals surface area contributed by atoms with E-state index in [0.717, 1.165) is 12.8 Å². The summed E-state index contributed by atoms with van der Waals surface area (Å²) in [5.41, 5.74) is 0.922. The van der Waals surface area contributed by atoms with Gasteiger partial charge in [-0.15, -0.1) is 0 Å². The SMILES string of the molecule is N#Cc1cccc(C(=O)NC[C@@H](O)C2CCCCC2)c1. The van der Waals surface area contributed by atoms with Crippen molar-refractivity contribution in [3.8, 4) is 6.07 Å². The first-order chi connectivity index (χ1) is 9.70.